The maximum atomic E-state index is 11.7. The minimum Gasteiger partial charge on any atom is -0.464 e. The van der Waals surface area contributed by atoms with E-state index in [1.54, 1.807) is 17.7 Å². The van der Waals surface area contributed by atoms with Crippen LogP contribution < -0.4 is 10.5 Å². The van der Waals surface area contributed by atoms with Crippen LogP contribution in [0, 0.1) is 0 Å². The van der Waals surface area contributed by atoms with Gasteiger partial charge in [-0.2, -0.15) is 9.61 Å². The van der Waals surface area contributed by atoms with Crippen LogP contribution in [0.15, 0.2) is 12.1 Å². The van der Waals surface area contributed by atoms with Crippen LogP contribution in [0.1, 0.15) is 10.5 Å². The maximum absolute atomic E-state index is 11.7. The zero-order chi connectivity index (χ0) is 14.3. The molecule has 3 rings (SSSR count). The van der Waals surface area contributed by atoms with Gasteiger partial charge < -0.3 is 14.4 Å². The Morgan fingerprint density at radius 1 is 1.40 bits per heavy atom. The van der Waals surface area contributed by atoms with Gasteiger partial charge in [-0.15, -0.1) is 0 Å². The van der Waals surface area contributed by atoms with Crippen molar-refractivity contribution in [3.8, 4) is 0 Å². The molecular formula is C12H15BN4O3. The lowest BCUT2D eigenvalue weighted by molar-refractivity contribution is 0.0594. The van der Waals surface area contributed by atoms with E-state index in [0.717, 1.165) is 24.5 Å². The number of hydrogen-bond acceptors (Lipinski definition) is 6. The number of rotatable bonds is 3. The van der Waals surface area contributed by atoms with E-state index in [1.165, 1.54) is 7.11 Å². The first-order chi connectivity index (χ1) is 9.62. The minimum atomic E-state index is -0.448. The monoisotopic (exact) mass is 274 g/mol. The van der Waals surface area contributed by atoms with Crippen LogP contribution in [0.3, 0.4) is 0 Å². The van der Waals surface area contributed by atoms with E-state index < -0.39 is 5.97 Å². The third-order valence-corrected chi connectivity index (χ3v) is 3.43. The zero-order valence-corrected chi connectivity index (χ0v) is 11.7. The molecule has 0 saturated carbocycles. The van der Waals surface area contributed by atoms with Crippen LogP contribution in [0.2, 0.25) is 0 Å². The summed E-state index contributed by atoms with van der Waals surface area (Å²) >= 11 is 0. The van der Waals surface area contributed by atoms with Crippen LogP contribution in [0.5, 0.6) is 0 Å². The van der Waals surface area contributed by atoms with Crippen LogP contribution in [0.4, 0.5) is 5.82 Å². The van der Waals surface area contributed by atoms with Crippen molar-refractivity contribution < 1.29 is 14.3 Å². The van der Waals surface area contributed by atoms with Gasteiger partial charge in [-0.25, -0.2) is 9.78 Å². The highest BCUT2D eigenvalue weighted by molar-refractivity contribution is 6.31. The Balaban J connectivity index is 2.06. The van der Waals surface area contributed by atoms with Gasteiger partial charge in [-0.1, -0.05) is 0 Å². The summed E-state index contributed by atoms with van der Waals surface area (Å²) in [6.45, 7) is 1.55. The summed E-state index contributed by atoms with van der Waals surface area (Å²) in [6.07, 6.45) is 0.219. The first-order valence-electron chi connectivity index (χ1n) is 6.36. The molecule has 2 aromatic heterocycles. The molecule has 0 aliphatic carbocycles. The van der Waals surface area contributed by atoms with Crippen molar-refractivity contribution in [3.63, 3.8) is 0 Å². The van der Waals surface area contributed by atoms with Crippen molar-refractivity contribution in [2.24, 2.45) is 0 Å². The first kappa shape index (κ1) is 12.9. The van der Waals surface area contributed by atoms with Crippen molar-refractivity contribution in [2.45, 2.75) is 6.10 Å². The van der Waals surface area contributed by atoms with Gasteiger partial charge in [0, 0.05) is 31.9 Å². The molecule has 0 spiro atoms. The van der Waals surface area contributed by atoms with Crippen molar-refractivity contribution >= 4 is 30.9 Å². The molecule has 0 N–H and O–H groups in total. The largest absolute Gasteiger partial charge is 0.464 e. The van der Waals surface area contributed by atoms with E-state index in [9.17, 15) is 4.79 Å². The molecule has 0 unspecified atom stereocenters. The molecule has 1 aliphatic heterocycles. The average molecular weight is 274 g/mol. The number of esters is 1. The molecule has 1 aliphatic rings. The van der Waals surface area contributed by atoms with Crippen molar-refractivity contribution in [1.82, 2.24) is 14.6 Å². The minimum absolute atomic E-state index is 0.219. The molecule has 2 aromatic rings. The van der Waals surface area contributed by atoms with E-state index in [1.807, 2.05) is 13.9 Å². The molecule has 1 saturated heterocycles. The fourth-order valence-corrected chi connectivity index (χ4v) is 2.28. The number of carbonyl (C=O) groups is 1. The molecule has 0 radical (unpaired) electrons. The maximum Gasteiger partial charge on any atom is 0.356 e. The average Bonchev–Trinajstić information content (AvgIpc) is 2.76. The van der Waals surface area contributed by atoms with E-state index in [0.29, 0.717) is 5.65 Å². The Kier molecular flexibility index (Phi) is 3.09. The first-order valence-corrected chi connectivity index (χ1v) is 6.36. The molecule has 0 bridgehead atoms. The van der Waals surface area contributed by atoms with Crippen molar-refractivity contribution in [1.29, 1.82) is 0 Å². The van der Waals surface area contributed by atoms with Gasteiger partial charge in [0.05, 0.1) is 13.2 Å². The summed E-state index contributed by atoms with van der Waals surface area (Å²) in [7, 11) is 4.94. The fourth-order valence-electron chi connectivity index (χ4n) is 2.28. The fraction of sp³-hybridized carbons (Fsp3) is 0.417. The van der Waals surface area contributed by atoms with E-state index >= 15 is 0 Å². The molecule has 1 fully saturated rings. The highest BCUT2D eigenvalue weighted by atomic mass is 16.5. The van der Waals surface area contributed by atoms with E-state index in [-0.39, 0.29) is 11.8 Å². The third-order valence-electron chi connectivity index (χ3n) is 3.43. The quantitative estimate of drug-likeness (QED) is 0.507. The highest BCUT2D eigenvalue weighted by Gasteiger charge is 2.29. The molecular weight excluding hydrogens is 259 g/mol. The second kappa shape index (κ2) is 4.79. The SMILES string of the molecule is Bc1cc2nc(C(=O)OC)cc(N3CC(OC)C3)n2n1. The van der Waals surface area contributed by atoms with E-state index in [2.05, 4.69) is 15.0 Å². The van der Waals surface area contributed by atoms with Crippen LogP contribution in [-0.2, 0) is 9.47 Å². The predicted octanol–water partition coefficient (Wildman–Crippen LogP) is -1.39. The summed E-state index contributed by atoms with van der Waals surface area (Å²) in [4.78, 5) is 18.1. The molecule has 0 aromatic carbocycles. The Bertz CT molecular complexity index is 666. The van der Waals surface area contributed by atoms with Crippen molar-refractivity contribution in [3.05, 3.63) is 17.8 Å². The number of nitrogens with zero attached hydrogens (tertiary/aromatic N) is 4. The van der Waals surface area contributed by atoms with Crippen LogP contribution >= 0.6 is 0 Å². The highest BCUT2D eigenvalue weighted by Crippen LogP contribution is 2.23. The predicted molar refractivity (Wildman–Crippen MR) is 75.5 cm³/mol. The van der Waals surface area contributed by atoms with Gasteiger partial charge in [0.1, 0.15) is 5.82 Å². The molecule has 8 heteroatoms. The standard InChI is InChI=1S/C12H15BN4O3/c1-19-7-5-16(6-7)11-3-8(12(18)20-2)14-10-4-9(13)15-17(10)11/h3-4,7H,5-6,13H2,1-2H3. The molecule has 20 heavy (non-hydrogen) atoms. The molecule has 104 valence electrons. The number of hydrogen-bond donors (Lipinski definition) is 0. The molecule has 0 amide bonds. The van der Waals surface area contributed by atoms with Gasteiger partial charge in [-0.05, 0) is 6.07 Å². The van der Waals surface area contributed by atoms with Crippen molar-refractivity contribution in [2.75, 3.05) is 32.2 Å². The number of aromatic nitrogens is 3. The Hall–Kier alpha value is -2.09. The van der Waals surface area contributed by atoms with Gasteiger partial charge in [-0.3, -0.25) is 0 Å². The lowest BCUT2D eigenvalue weighted by atomic mass is 10.1. The van der Waals surface area contributed by atoms with Gasteiger partial charge in [0.2, 0.25) is 0 Å². The number of anilines is 1. The Labute approximate surface area is 116 Å². The third kappa shape index (κ3) is 2.02. The van der Waals surface area contributed by atoms with Gasteiger partial charge in [0.25, 0.3) is 0 Å². The summed E-state index contributed by atoms with van der Waals surface area (Å²) in [6, 6.07) is 3.54. The summed E-state index contributed by atoms with van der Waals surface area (Å²) in [5, 5.41) is 4.41. The van der Waals surface area contributed by atoms with Gasteiger partial charge in [0.15, 0.2) is 19.2 Å². The lowest BCUT2D eigenvalue weighted by Crippen LogP contribution is -2.52. The Morgan fingerprint density at radius 3 is 2.80 bits per heavy atom. The van der Waals surface area contributed by atoms with Gasteiger partial charge >= 0.3 is 5.97 Å². The van der Waals surface area contributed by atoms with E-state index in [4.69, 9.17) is 9.47 Å². The molecule has 7 nitrogen and oxygen atoms in total. The molecule has 3 heterocycles. The zero-order valence-electron chi connectivity index (χ0n) is 11.7. The van der Waals surface area contributed by atoms with Crippen LogP contribution in [-0.4, -0.2) is 61.8 Å². The summed E-state index contributed by atoms with van der Waals surface area (Å²) in [5.74, 6) is 0.383. The lowest BCUT2D eigenvalue weighted by Gasteiger charge is -2.39. The second-order valence-corrected chi connectivity index (χ2v) is 4.81. The molecule has 0 atom stereocenters. The normalized spacial score (nSPS) is 15.4. The number of ether oxygens (including phenoxy) is 2. The summed E-state index contributed by atoms with van der Waals surface area (Å²) in [5.41, 5.74) is 1.78. The summed E-state index contributed by atoms with van der Waals surface area (Å²) < 4.78 is 11.8. The Morgan fingerprint density at radius 2 is 2.15 bits per heavy atom. The smallest absolute Gasteiger partial charge is 0.356 e. The number of methoxy groups -OCH3 is 2. The second-order valence-electron chi connectivity index (χ2n) is 4.81. The number of carbonyl (C=O) groups excluding carboxylic acids is 1. The topological polar surface area (TPSA) is 69.0 Å². The number of fused-ring (bicyclic) bond motifs is 1. The van der Waals surface area contributed by atoms with Crippen LogP contribution in [0.25, 0.3) is 5.65 Å².